The van der Waals surface area contributed by atoms with Crippen LogP contribution in [0.1, 0.15) is 30.3 Å². The molecule has 110 valence electrons. The number of nitrogens with zero attached hydrogens (tertiary/aromatic N) is 4. The number of fused-ring (bicyclic) bond motifs is 1. The predicted octanol–water partition coefficient (Wildman–Crippen LogP) is 2.03. The van der Waals surface area contributed by atoms with Gasteiger partial charge >= 0.3 is 6.18 Å². The summed E-state index contributed by atoms with van der Waals surface area (Å²) in [5.74, 6) is -1.01. The van der Waals surface area contributed by atoms with Crippen LogP contribution in [-0.4, -0.2) is 32.7 Å². The van der Waals surface area contributed by atoms with Gasteiger partial charge in [-0.05, 0) is 25.5 Å². The van der Waals surface area contributed by atoms with Crippen LogP contribution in [0.25, 0.3) is 5.78 Å². The van der Waals surface area contributed by atoms with Gasteiger partial charge in [-0.2, -0.15) is 18.2 Å². The van der Waals surface area contributed by atoms with E-state index in [2.05, 4.69) is 20.4 Å². The highest BCUT2D eigenvalue weighted by atomic mass is 35.5. The molecule has 1 atom stereocenters. The van der Waals surface area contributed by atoms with Crippen LogP contribution in [0.3, 0.4) is 0 Å². The van der Waals surface area contributed by atoms with Gasteiger partial charge in [-0.1, -0.05) is 0 Å². The van der Waals surface area contributed by atoms with E-state index in [0.717, 1.165) is 31.6 Å². The molecule has 2 aromatic rings. The third-order valence-electron chi connectivity index (χ3n) is 3.24. The summed E-state index contributed by atoms with van der Waals surface area (Å²) in [7, 11) is 0. The van der Waals surface area contributed by atoms with Gasteiger partial charge in [0.25, 0.3) is 11.6 Å². The van der Waals surface area contributed by atoms with Crippen molar-refractivity contribution in [2.45, 2.75) is 24.9 Å². The van der Waals surface area contributed by atoms with Crippen LogP contribution in [0.2, 0.25) is 0 Å². The number of piperidine rings is 1. The number of alkyl halides is 3. The van der Waals surface area contributed by atoms with E-state index in [0.29, 0.717) is 0 Å². The maximum Gasteiger partial charge on any atom is 0.453 e. The van der Waals surface area contributed by atoms with E-state index >= 15 is 0 Å². The first-order chi connectivity index (χ1) is 9.05. The average molecular weight is 308 g/mol. The maximum atomic E-state index is 12.6. The number of rotatable bonds is 1. The summed E-state index contributed by atoms with van der Waals surface area (Å²) in [4.78, 5) is 7.27. The van der Waals surface area contributed by atoms with Crippen molar-refractivity contribution in [2.75, 3.05) is 13.1 Å². The van der Waals surface area contributed by atoms with Crippen LogP contribution in [0, 0.1) is 0 Å². The van der Waals surface area contributed by atoms with Crippen LogP contribution < -0.4 is 5.32 Å². The molecule has 5 nitrogen and oxygen atoms in total. The highest BCUT2D eigenvalue weighted by Gasteiger charge is 2.37. The summed E-state index contributed by atoms with van der Waals surface area (Å²) >= 11 is 0. The lowest BCUT2D eigenvalue weighted by atomic mass is 9.96. The lowest BCUT2D eigenvalue weighted by Gasteiger charge is -2.22. The molecule has 1 aliphatic heterocycles. The fourth-order valence-electron chi connectivity index (χ4n) is 2.34. The topological polar surface area (TPSA) is 55.1 Å². The summed E-state index contributed by atoms with van der Waals surface area (Å²) in [5.41, 5.74) is 0.722. The molecular weight excluding hydrogens is 295 g/mol. The molecule has 9 heteroatoms. The summed E-state index contributed by atoms with van der Waals surface area (Å²) < 4.78 is 39.1. The smallest absolute Gasteiger partial charge is 0.316 e. The largest absolute Gasteiger partial charge is 0.453 e. The fraction of sp³-hybridized carbons (Fsp3) is 0.545. The van der Waals surface area contributed by atoms with Crippen molar-refractivity contribution in [1.82, 2.24) is 24.9 Å². The van der Waals surface area contributed by atoms with E-state index in [9.17, 15) is 13.2 Å². The maximum absolute atomic E-state index is 12.6. The zero-order valence-electron chi connectivity index (χ0n) is 10.4. The van der Waals surface area contributed by atoms with Gasteiger partial charge < -0.3 is 5.32 Å². The summed E-state index contributed by atoms with van der Waals surface area (Å²) in [6, 6.07) is 1.71. The first-order valence-electron chi connectivity index (χ1n) is 6.05. The van der Waals surface area contributed by atoms with E-state index < -0.39 is 12.0 Å². The molecule has 1 unspecified atom stereocenters. The Morgan fingerprint density at radius 2 is 2.15 bits per heavy atom. The lowest BCUT2D eigenvalue weighted by molar-refractivity contribution is -0.144. The van der Waals surface area contributed by atoms with Gasteiger partial charge in [-0.15, -0.1) is 17.5 Å². The van der Waals surface area contributed by atoms with Gasteiger partial charge in [0.2, 0.25) is 0 Å². The Morgan fingerprint density at radius 1 is 1.35 bits per heavy atom. The molecule has 0 radical (unpaired) electrons. The minimum Gasteiger partial charge on any atom is -0.316 e. The van der Waals surface area contributed by atoms with E-state index in [1.807, 2.05) is 0 Å². The van der Waals surface area contributed by atoms with E-state index in [-0.39, 0.29) is 24.1 Å². The summed E-state index contributed by atoms with van der Waals surface area (Å²) in [6.07, 6.45) is -1.15. The minimum absolute atomic E-state index is 0. The molecule has 0 amide bonds. The minimum atomic E-state index is -4.55. The molecule has 0 aromatic carbocycles. The average Bonchev–Trinajstić information content (AvgIpc) is 2.83. The Bertz CT molecular complexity index is 591. The van der Waals surface area contributed by atoms with Gasteiger partial charge in [0.15, 0.2) is 0 Å². The molecule has 0 spiro atoms. The van der Waals surface area contributed by atoms with Crippen LogP contribution in [-0.2, 0) is 6.18 Å². The standard InChI is InChI=1S/C11H12F3N5.ClH/c12-11(13,14)9-17-10-16-5-3-8(19(10)18-9)7-2-1-4-15-6-7;/h3,5,7,15H,1-2,4,6H2;1H. The number of nitrogens with one attached hydrogen (secondary N) is 1. The zero-order valence-corrected chi connectivity index (χ0v) is 11.2. The van der Waals surface area contributed by atoms with Gasteiger partial charge in [-0.25, -0.2) is 9.50 Å². The van der Waals surface area contributed by atoms with Crippen LogP contribution in [0.15, 0.2) is 12.3 Å². The molecule has 20 heavy (non-hydrogen) atoms. The lowest BCUT2D eigenvalue weighted by Crippen LogP contribution is -2.29. The molecule has 3 heterocycles. The number of hydrogen-bond donors (Lipinski definition) is 1. The second kappa shape index (κ2) is 5.53. The van der Waals surface area contributed by atoms with Crippen molar-refractivity contribution in [3.05, 3.63) is 23.8 Å². The molecule has 1 fully saturated rings. The highest BCUT2D eigenvalue weighted by molar-refractivity contribution is 5.85. The third kappa shape index (κ3) is 2.71. The Hall–Kier alpha value is -1.41. The molecule has 1 aliphatic rings. The van der Waals surface area contributed by atoms with E-state index in [1.165, 1.54) is 10.7 Å². The SMILES string of the molecule is Cl.FC(F)(F)c1nc2nccc(C3CCCNC3)n2n1. The molecular formula is C11H13ClF3N5. The molecule has 0 bridgehead atoms. The first-order valence-corrected chi connectivity index (χ1v) is 6.05. The van der Waals surface area contributed by atoms with Crippen molar-refractivity contribution in [1.29, 1.82) is 0 Å². The summed E-state index contributed by atoms with van der Waals surface area (Å²) in [6.45, 7) is 1.68. The number of hydrogen-bond acceptors (Lipinski definition) is 4. The quantitative estimate of drug-likeness (QED) is 0.876. The first kappa shape index (κ1) is 15.0. The van der Waals surface area contributed by atoms with Crippen LogP contribution in [0.4, 0.5) is 13.2 Å². The van der Waals surface area contributed by atoms with Crippen molar-refractivity contribution in [3.63, 3.8) is 0 Å². The Kier molecular flexibility index (Phi) is 4.14. The number of halogens is 4. The third-order valence-corrected chi connectivity index (χ3v) is 3.24. The molecule has 0 aliphatic carbocycles. The van der Waals surface area contributed by atoms with Crippen molar-refractivity contribution < 1.29 is 13.2 Å². The molecule has 1 N–H and O–H groups in total. The number of aromatic nitrogens is 4. The monoisotopic (exact) mass is 307 g/mol. The normalized spacial score (nSPS) is 19.9. The van der Waals surface area contributed by atoms with Crippen LogP contribution >= 0.6 is 12.4 Å². The van der Waals surface area contributed by atoms with E-state index in [1.54, 1.807) is 6.07 Å². The Balaban J connectivity index is 0.00000147. The Labute approximate surface area is 119 Å². The fourth-order valence-corrected chi connectivity index (χ4v) is 2.34. The molecule has 2 aromatic heterocycles. The Morgan fingerprint density at radius 3 is 2.80 bits per heavy atom. The highest BCUT2D eigenvalue weighted by Crippen LogP contribution is 2.28. The van der Waals surface area contributed by atoms with Gasteiger partial charge in [0.05, 0.1) is 5.69 Å². The van der Waals surface area contributed by atoms with Crippen molar-refractivity contribution >= 4 is 18.2 Å². The van der Waals surface area contributed by atoms with Crippen molar-refractivity contribution in [2.24, 2.45) is 0 Å². The zero-order chi connectivity index (χ0) is 13.5. The molecule has 1 saturated heterocycles. The predicted molar refractivity (Wildman–Crippen MR) is 67.9 cm³/mol. The van der Waals surface area contributed by atoms with Gasteiger partial charge in [0, 0.05) is 18.7 Å². The van der Waals surface area contributed by atoms with Crippen LogP contribution in [0.5, 0.6) is 0 Å². The molecule has 0 saturated carbocycles. The van der Waals surface area contributed by atoms with Crippen molar-refractivity contribution in [3.8, 4) is 0 Å². The van der Waals surface area contributed by atoms with Gasteiger partial charge in [-0.3, -0.25) is 0 Å². The summed E-state index contributed by atoms with van der Waals surface area (Å²) in [5, 5.41) is 6.78. The second-order valence-corrected chi connectivity index (χ2v) is 4.56. The van der Waals surface area contributed by atoms with E-state index in [4.69, 9.17) is 0 Å². The van der Waals surface area contributed by atoms with Gasteiger partial charge in [0.1, 0.15) is 0 Å². The molecule has 3 rings (SSSR count). The second-order valence-electron chi connectivity index (χ2n) is 4.56.